The number of carboxylic acid groups (broad SMARTS) is 1. The van der Waals surface area contributed by atoms with Crippen molar-refractivity contribution in [2.24, 2.45) is 0 Å². The third-order valence-electron chi connectivity index (χ3n) is 3.61. The van der Waals surface area contributed by atoms with Gasteiger partial charge in [-0.05, 0) is 43.9 Å². The molecule has 6 heteroatoms. The van der Waals surface area contributed by atoms with Crippen molar-refractivity contribution in [3.8, 4) is 16.9 Å². The van der Waals surface area contributed by atoms with Gasteiger partial charge >= 0.3 is 5.97 Å². The predicted octanol–water partition coefficient (Wildman–Crippen LogP) is 3.60. The molecule has 0 aliphatic heterocycles. The Morgan fingerprint density at radius 1 is 1.25 bits per heavy atom. The summed E-state index contributed by atoms with van der Waals surface area (Å²) in [5, 5.41) is 10.4. The minimum Gasteiger partial charge on any atom is -0.492 e. The summed E-state index contributed by atoms with van der Waals surface area (Å²) in [4.78, 5) is 19.0. The predicted molar refractivity (Wildman–Crippen MR) is 96.1 cm³/mol. The highest BCUT2D eigenvalue weighted by atomic mass is 32.1. The Balaban J connectivity index is 1.93. The van der Waals surface area contributed by atoms with E-state index in [1.54, 1.807) is 6.20 Å². The first-order chi connectivity index (χ1) is 11.6. The van der Waals surface area contributed by atoms with Crippen LogP contribution in [0.3, 0.4) is 0 Å². The van der Waals surface area contributed by atoms with Crippen molar-refractivity contribution in [1.29, 1.82) is 0 Å². The number of ether oxygens (including phenoxy) is 1. The second-order valence-corrected chi connectivity index (χ2v) is 6.64. The number of rotatable bonds is 6. The fraction of sp³-hybridized carbons (Fsp3) is 0.222. The molecule has 0 atom stereocenters. The van der Waals surface area contributed by atoms with Gasteiger partial charge in [-0.15, -0.1) is 11.3 Å². The fourth-order valence-corrected chi connectivity index (χ4v) is 3.44. The van der Waals surface area contributed by atoms with Crippen LogP contribution in [0.15, 0.2) is 42.6 Å². The standard InChI is InChI=1S/C18H18N2O3S/c1-20(2)10-11-23-13-7-5-12(6-8-13)15-14-4-3-9-19-17(14)24-16(15)18(21)22/h3-9H,10-11H2,1-2H3,(H,21,22). The molecule has 1 aromatic carbocycles. The minimum atomic E-state index is -0.931. The maximum absolute atomic E-state index is 11.6. The molecule has 5 nitrogen and oxygen atoms in total. The first-order valence-corrected chi connectivity index (χ1v) is 8.36. The third-order valence-corrected chi connectivity index (χ3v) is 4.71. The van der Waals surface area contributed by atoms with Gasteiger partial charge in [0.25, 0.3) is 0 Å². The van der Waals surface area contributed by atoms with Gasteiger partial charge in [0, 0.05) is 23.7 Å². The number of carboxylic acids is 1. The van der Waals surface area contributed by atoms with Gasteiger partial charge in [-0.1, -0.05) is 12.1 Å². The molecule has 0 aliphatic rings. The fourth-order valence-electron chi connectivity index (χ4n) is 2.43. The molecular formula is C18H18N2O3S. The van der Waals surface area contributed by atoms with Crippen LogP contribution in [0.2, 0.25) is 0 Å². The lowest BCUT2D eigenvalue weighted by Crippen LogP contribution is -2.19. The van der Waals surface area contributed by atoms with Crippen molar-refractivity contribution in [2.45, 2.75) is 0 Å². The molecule has 0 fully saturated rings. The van der Waals surface area contributed by atoms with E-state index >= 15 is 0 Å². The molecule has 0 saturated carbocycles. The summed E-state index contributed by atoms with van der Waals surface area (Å²) in [6.07, 6.45) is 1.68. The number of likely N-dealkylation sites (N-methyl/N-ethyl adjacent to an activating group) is 1. The molecule has 24 heavy (non-hydrogen) atoms. The van der Waals surface area contributed by atoms with Crippen LogP contribution in [0.4, 0.5) is 0 Å². The number of benzene rings is 1. The summed E-state index contributed by atoms with van der Waals surface area (Å²) in [5.74, 6) is -0.158. The highest BCUT2D eigenvalue weighted by Crippen LogP contribution is 2.38. The zero-order valence-corrected chi connectivity index (χ0v) is 14.3. The van der Waals surface area contributed by atoms with Gasteiger partial charge in [0.1, 0.15) is 22.1 Å². The Kier molecular flexibility index (Phi) is 4.78. The summed E-state index contributed by atoms with van der Waals surface area (Å²) < 4.78 is 5.69. The van der Waals surface area contributed by atoms with E-state index in [1.165, 1.54) is 11.3 Å². The second kappa shape index (κ2) is 6.98. The number of carbonyl (C=O) groups is 1. The Morgan fingerprint density at radius 3 is 2.67 bits per heavy atom. The van der Waals surface area contributed by atoms with Gasteiger partial charge in [0.05, 0.1) is 0 Å². The van der Waals surface area contributed by atoms with Crippen LogP contribution in [-0.2, 0) is 0 Å². The molecule has 0 unspecified atom stereocenters. The van der Waals surface area contributed by atoms with E-state index in [-0.39, 0.29) is 0 Å². The lowest BCUT2D eigenvalue weighted by atomic mass is 10.0. The van der Waals surface area contributed by atoms with Crippen molar-refractivity contribution in [1.82, 2.24) is 9.88 Å². The lowest BCUT2D eigenvalue weighted by molar-refractivity contribution is 0.0703. The SMILES string of the molecule is CN(C)CCOc1ccc(-c2c(C(=O)O)sc3ncccc23)cc1. The molecule has 0 saturated heterocycles. The molecule has 0 bridgehead atoms. The van der Waals surface area contributed by atoms with Crippen LogP contribution in [0, 0.1) is 0 Å². The normalized spacial score (nSPS) is 11.1. The molecule has 2 heterocycles. The van der Waals surface area contributed by atoms with Gasteiger partial charge in [0.15, 0.2) is 0 Å². The molecule has 0 aliphatic carbocycles. The number of hydrogen-bond acceptors (Lipinski definition) is 5. The highest BCUT2D eigenvalue weighted by molar-refractivity contribution is 7.21. The van der Waals surface area contributed by atoms with Gasteiger partial charge in [-0.2, -0.15) is 0 Å². The molecular weight excluding hydrogens is 324 g/mol. The van der Waals surface area contributed by atoms with Crippen LogP contribution >= 0.6 is 11.3 Å². The molecule has 124 valence electrons. The van der Waals surface area contributed by atoms with Crippen LogP contribution in [0.1, 0.15) is 9.67 Å². The van der Waals surface area contributed by atoms with E-state index in [1.807, 2.05) is 50.5 Å². The number of pyridine rings is 1. The molecule has 3 aromatic rings. The number of aromatic carboxylic acids is 1. The largest absolute Gasteiger partial charge is 0.492 e. The number of thiophene rings is 1. The van der Waals surface area contributed by atoms with E-state index < -0.39 is 5.97 Å². The quantitative estimate of drug-likeness (QED) is 0.741. The average molecular weight is 342 g/mol. The molecule has 0 amide bonds. The number of fused-ring (bicyclic) bond motifs is 1. The number of aromatic nitrogens is 1. The maximum Gasteiger partial charge on any atom is 0.346 e. The molecule has 1 N–H and O–H groups in total. The first kappa shape index (κ1) is 16.4. The second-order valence-electron chi connectivity index (χ2n) is 5.64. The van der Waals surface area contributed by atoms with Gasteiger partial charge < -0.3 is 14.7 Å². The molecule has 3 rings (SSSR count). The van der Waals surface area contributed by atoms with Gasteiger partial charge in [-0.3, -0.25) is 0 Å². The van der Waals surface area contributed by atoms with Crippen molar-refractivity contribution in [2.75, 3.05) is 27.2 Å². The Bertz CT molecular complexity index is 856. The topological polar surface area (TPSA) is 62.7 Å². The summed E-state index contributed by atoms with van der Waals surface area (Å²) >= 11 is 1.20. The van der Waals surface area contributed by atoms with Crippen molar-refractivity contribution >= 4 is 27.5 Å². The van der Waals surface area contributed by atoms with E-state index in [0.717, 1.165) is 33.6 Å². The van der Waals surface area contributed by atoms with Crippen molar-refractivity contribution < 1.29 is 14.6 Å². The summed E-state index contributed by atoms with van der Waals surface area (Å²) in [6.45, 7) is 1.45. The maximum atomic E-state index is 11.6. The summed E-state index contributed by atoms with van der Waals surface area (Å²) in [5.41, 5.74) is 1.57. The van der Waals surface area contributed by atoms with Crippen LogP contribution in [0.5, 0.6) is 5.75 Å². The molecule has 0 spiro atoms. The molecule has 2 aromatic heterocycles. The van der Waals surface area contributed by atoms with Gasteiger partial charge in [-0.25, -0.2) is 9.78 Å². The van der Waals surface area contributed by atoms with E-state index in [4.69, 9.17) is 4.74 Å². The summed E-state index contributed by atoms with van der Waals surface area (Å²) in [6, 6.07) is 11.3. The van der Waals surface area contributed by atoms with Crippen LogP contribution in [0.25, 0.3) is 21.3 Å². The smallest absolute Gasteiger partial charge is 0.346 e. The Hall–Kier alpha value is -2.44. The monoisotopic (exact) mass is 342 g/mol. The number of hydrogen-bond donors (Lipinski definition) is 1. The highest BCUT2D eigenvalue weighted by Gasteiger charge is 2.19. The Morgan fingerprint density at radius 2 is 2.00 bits per heavy atom. The lowest BCUT2D eigenvalue weighted by Gasteiger charge is -2.11. The zero-order chi connectivity index (χ0) is 17.1. The zero-order valence-electron chi connectivity index (χ0n) is 13.5. The van der Waals surface area contributed by atoms with E-state index in [2.05, 4.69) is 9.88 Å². The van der Waals surface area contributed by atoms with E-state index in [9.17, 15) is 9.90 Å². The first-order valence-electron chi connectivity index (χ1n) is 7.55. The van der Waals surface area contributed by atoms with E-state index in [0.29, 0.717) is 11.5 Å². The van der Waals surface area contributed by atoms with Gasteiger partial charge in [0.2, 0.25) is 0 Å². The minimum absolute atomic E-state index is 0.310. The van der Waals surface area contributed by atoms with Crippen LogP contribution < -0.4 is 4.74 Å². The number of nitrogens with zero attached hydrogens (tertiary/aromatic N) is 2. The third kappa shape index (κ3) is 3.39. The van der Waals surface area contributed by atoms with Crippen molar-refractivity contribution in [3.05, 3.63) is 47.5 Å². The summed E-state index contributed by atoms with van der Waals surface area (Å²) in [7, 11) is 3.99. The average Bonchev–Trinajstić information content (AvgIpc) is 2.95. The van der Waals surface area contributed by atoms with Crippen molar-refractivity contribution in [3.63, 3.8) is 0 Å². The Labute approximate surface area is 144 Å². The molecule has 0 radical (unpaired) electrons. The van der Waals surface area contributed by atoms with Crippen LogP contribution in [-0.4, -0.2) is 48.2 Å².